The lowest BCUT2D eigenvalue weighted by molar-refractivity contribution is -0.384. The van der Waals surface area contributed by atoms with Crippen LogP contribution in [0.1, 0.15) is 6.92 Å². The number of nitrogens with one attached hydrogen (secondary N) is 1. The van der Waals surface area contributed by atoms with E-state index >= 15 is 0 Å². The van der Waals surface area contributed by atoms with Gasteiger partial charge in [0.1, 0.15) is 0 Å². The van der Waals surface area contributed by atoms with Crippen LogP contribution in [0.3, 0.4) is 0 Å². The molecule has 0 aliphatic rings. The van der Waals surface area contributed by atoms with Crippen LogP contribution in [0.4, 0.5) is 20.2 Å². The molecule has 1 atom stereocenters. The van der Waals surface area contributed by atoms with E-state index in [1.165, 1.54) is 0 Å². The molecule has 20 heavy (non-hydrogen) atoms. The standard InChI is InChI=1S/C12H12F2N4O2/c1-8(6-17-5-4-15-7-17)16-12-10(18(19)20)3-2-9(13)11(12)14/h2-5,7-8,16H,6H2,1H3. The van der Waals surface area contributed by atoms with Crippen LogP contribution in [0.25, 0.3) is 0 Å². The fraction of sp³-hybridized carbons (Fsp3) is 0.250. The number of benzene rings is 1. The second kappa shape index (κ2) is 5.64. The third-order valence-electron chi connectivity index (χ3n) is 2.70. The number of nitrogens with zero attached hydrogens (tertiary/aromatic N) is 3. The first kappa shape index (κ1) is 13.9. The van der Waals surface area contributed by atoms with Crippen molar-refractivity contribution in [3.8, 4) is 0 Å². The molecule has 1 unspecified atom stereocenters. The topological polar surface area (TPSA) is 73.0 Å². The number of aromatic nitrogens is 2. The van der Waals surface area contributed by atoms with Crippen LogP contribution in [-0.2, 0) is 6.54 Å². The van der Waals surface area contributed by atoms with Crippen molar-refractivity contribution < 1.29 is 13.7 Å². The summed E-state index contributed by atoms with van der Waals surface area (Å²) in [5.74, 6) is -2.38. The van der Waals surface area contributed by atoms with Crippen molar-refractivity contribution in [1.82, 2.24) is 9.55 Å². The van der Waals surface area contributed by atoms with E-state index in [2.05, 4.69) is 10.3 Å². The number of halogens is 2. The van der Waals surface area contributed by atoms with Crippen molar-refractivity contribution in [1.29, 1.82) is 0 Å². The summed E-state index contributed by atoms with van der Waals surface area (Å²) in [5.41, 5.74) is -0.941. The highest BCUT2D eigenvalue weighted by Gasteiger charge is 2.22. The van der Waals surface area contributed by atoms with E-state index in [0.717, 1.165) is 12.1 Å². The lowest BCUT2D eigenvalue weighted by Crippen LogP contribution is -2.22. The van der Waals surface area contributed by atoms with Gasteiger partial charge in [-0.3, -0.25) is 10.1 Å². The monoisotopic (exact) mass is 282 g/mol. The number of hydrogen-bond acceptors (Lipinski definition) is 4. The van der Waals surface area contributed by atoms with Crippen molar-refractivity contribution in [2.24, 2.45) is 0 Å². The van der Waals surface area contributed by atoms with Gasteiger partial charge in [-0.1, -0.05) is 0 Å². The van der Waals surface area contributed by atoms with Crippen LogP contribution < -0.4 is 5.32 Å². The minimum Gasteiger partial charge on any atom is -0.373 e. The predicted octanol–water partition coefficient (Wildman–Crippen LogP) is 2.57. The Morgan fingerprint density at radius 2 is 2.25 bits per heavy atom. The van der Waals surface area contributed by atoms with Gasteiger partial charge < -0.3 is 9.88 Å². The highest BCUT2D eigenvalue weighted by Crippen LogP contribution is 2.29. The number of rotatable bonds is 5. The summed E-state index contributed by atoms with van der Waals surface area (Å²) in [6.45, 7) is 2.11. The average Bonchev–Trinajstić information content (AvgIpc) is 2.87. The zero-order valence-electron chi connectivity index (χ0n) is 10.6. The fourth-order valence-corrected chi connectivity index (χ4v) is 1.83. The molecule has 0 saturated carbocycles. The van der Waals surface area contributed by atoms with Gasteiger partial charge in [0.15, 0.2) is 17.3 Å². The van der Waals surface area contributed by atoms with Gasteiger partial charge in [0, 0.05) is 31.0 Å². The maximum atomic E-state index is 13.7. The normalized spacial score (nSPS) is 12.2. The molecule has 2 aromatic rings. The molecular formula is C12H12F2N4O2. The summed E-state index contributed by atoms with van der Waals surface area (Å²) < 4.78 is 28.6. The van der Waals surface area contributed by atoms with Crippen LogP contribution in [0.5, 0.6) is 0 Å². The Balaban J connectivity index is 2.23. The van der Waals surface area contributed by atoms with Crippen LogP contribution in [0.15, 0.2) is 30.9 Å². The first-order chi connectivity index (χ1) is 9.49. The molecule has 0 bridgehead atoms. The lowest BCUT2D eigenvalue weighted by Gasteiger charge is -2.16. The van der Waals surface area contributed by atoms with Gasteiger partial charge in [-0.05, 0) is 13.0 Å². The Morgan fingerprint density at radius 1 is 1.50 bits per heavy atom. The number of nitro groups is 1. The molecule has 1 aromatic carbocycles. The van der Waals surface area contributed by atoms with Gasteiger partial charge in [-0.2, -0.15) is 0 Å². The quantitative estimate of drug-likeness (QED) is 0.675. The first-order valence-electron chi connectivity index (χ1n) is 5.83. The molecule has 0 aliphatic carbocycles. The number of imidazole rings is 1. The lowest BCUT2D eigenvalue weighted by atomic mass is 10.2. The molecule has 0 amide bonds. The van der Waals surface area contributed by atoms with Crippen molar-refractivity contribution in [3.63, 3.8) is 0 Å². The zero-order chi connectivity index (χ0) is 14.7. The van der Waals surface area contributed by atoms with Crippen molar-refractivity contribution in [2.45, 2.75) is 19.5 Å². The Kier molecular flexibility index (Phi) is 3.92. The summed E-state index contributed by atoms with van der Waals surface area (Å²) in [7, 11) is 0. The second-order valence-electron chi connectivity index (χ2n) is 4.32. The summed E-state index contributed by atoms with van der Waals surface area (Å²) in [4.78, 5) is 13.9. The fourth-order valence-electron chi connectivity index (χ4n) is 1.83. The molecule has 106 valence electrons. The Labute approximate surface area is 113 Å². The van der Waals surface area contributed by atoms with E-state index in [4.69, 9.17) is 0 Å². The van der Waals surface area contributed by atoms with Crippen LogP contribution in [0.2, 0.25) is 0 Å². The van der Waals surface area contributed by atoms with Gasteiger partial charge >= 0.3 is 0 Å². The minimum atomic E-state index is -1.25. The maximum absolute atomic E-state index is 13.7. The summed E-state index contributed by atoms with van der Waals surface area (Å²) in [6, 6.07) is 1.32. The van der Waals surface area contributed by atoms with E-state index < -0.39 is 27.9 Å². The first-order valence-corrected chi connectivity index (χ1v) is 5.83. The number of anilines is 1. The molecule has 8 heteroatoms. The largest absolute Gasteiger partial charge is 0.373 e. The van der Waals surface area contributed by atoms with E-state index in [0.29, 0.717) is 6.54 Å². The molecule has 0 spiro atoms. The SMILES string of the molecule is CC(Cn1ccnc1)Nc1c([N+](=O)[O-])ccc(F)c1F. The van der Waals surface area contributed by atoms with Crippen molar-refractivity contribution in [2.75, 3.05) is 5.32 Å². The van der Waals surface area contributed by atoms with Crippen molar-refractivity contribution >= 4 is 11.4 Å². The third-order valence-corrected chi connectivity index (χ3v) is 2.70. The molecular weight excluding hydrogens is 270 g/mol. The minimum absolute atomic E-state index is 0.348. The summed E-state index contributed by atoms with van der Waals surface area (Å²) >= 11 is 0. The van der Waals surface area contributed by atoms with Gasteiger partial charge in [-0.15, -0.1) is 0 Å². The zero-order valence-corrected chi connectivity index (χ0v) is 10.6. The van der Waals surface area contributed by atoms with E-state index in [-0.39, 0.29) is 6.04 Å². The molecule has 6 nitrogen and oxygen atoms in total. The van der Waals surface area contributed by atoms with Gasteiger partial charge in [-0.25, -0.2) is 13.8 Å². The maximum Gasteiger partial charge on any atom is 0.295 e. The smallest absolute Gasteiger partial charge is 0.295 e. The molecule has 0 radical (unpaired) electrons. The Morgan fingerprint density at radius 3 is 2.85 bits per heavy atom. The van der Waals surface area contributed by atoms with Crippen LogP contribution in [0, 0.1) is 21.7 Å². The molecule has 0 saturated heterocycles. The molecule has 2 rings (SSSR count). The average molecular weight is 282 g/mol. The van der Waals surface area contributed by atoms with E-state index in [1.54, 1.807) is 30.2 Å². The third kappa shape index (κ3) is 2.90. The van der Waals surface area contributed by atoms with Crippen LogP contribution >= 0.6 is 0 Å². The summed E-state index contributed by atoms with van der Waals surface area (Å²) in [5, 5.41) is 13.5. The Hall–Kier alpha value is -2.51. The molecule has 1 N–H and O–H groups in total. The predicted molar refractivity (Wildman–Crippen MR) is 68.3 cm³/mol. The summed E-state index contributed by atoms with van der Waals surface area (Å²) in [6.07, 6.45) is 4.85. The number of nitro benzene ring substituents is 1. The Bertz CT molecular complexity index is 616. The van der Waals surface area contributed by atoms with Crippen molar-refractivity contribution in [3.05, 3.63) is 52.6 Å². The highest BCUT2D eigenvalue weighted by molar-refractivity contribution is 5.62. The highest BCUT2D eigenvalue weighted by atomic mass is 19.2. The van der Waals surface area contributed by atoms with Gasteiger partial charge in [0.25, 0.3) is 5.69 Å². The second-order valence-corrected chi connectivity index (χ2v) is 4.32. The molecule has 0 aliphatic heterocycles. The van der Waals surface area contributed by atoms with Crippen LogP contribution in [-0.4, -0.2) is 20.5 Å². The van der Waals surface area contributed by atoms with E-state index in [9.17, 15) is 18.9 Å². The number of hydrogen-bond donors (Lipinski definition) is 1. The van der Waals surface area contributed by atoms with E-state index in [1.807, 2.05) is 0 Å². The van der Waals surface area contributed by atoms with Gasteiger partial charge in [0.2, 0.25) is 0 Å². The van der Waals surface area contributed by atoms with Gasteiger partial charge in [0.05, 0.1) is 11.3 Å². The molecule has 1 heterocycles. The molecule has 0 fully saturated rings. The molecule has 1 aromatic heterocycles.